The Bertz CT molecular complexity index is 607. The molecule has 1 heterocycles. The quantitative estimate of drug-likeness (QED) is 0.577. The highest BCUT2D eigenvalue weighted by atomic mass is 19.1. The van der Waals surface area contributed by atoms with Gasteiger partial charge >= 0.3 is 5.97 Å². The first-order valence-electron chi connectivity index (χ1n) is 8.64. The number of hydrogen-bond acceptors (Lipinski definition) is 4. The lowest BCUT2D eigenvalue weighted by Crippen LogP contribution is -2.37. The maximum Gasteiger partial charge on any atom is 0.314 e. The molecule has 0 bridgehead atoms. The number of nitrogens with zero attached hydrogens (tertiary/aromatic N) is 1. The van der Waals surface area contributed by atoms with Crippen LogP contribution in [0.2, 0.25) is 0 Å². The van der Waals surface area contributed by atoms with Gasteiger partial charge in [-0.15, -0.1) is 0 Å². The second kappa shape index (κ2) is 8.85. The Morgan fingerprint density at radius 3 is 2.32 bits per heavy atom. The summed E-state index contributed by atoms with van der Waals surface area (Å²) in [6.07, 6.45) is 2.47. The van der Waals surface area contributed by atoms with Crippen molar-refractivity contribution in [1.82, 2.24) is 4.90 Å². The summed E-state index contributed by atoms with van der Waals surface area (Å²) in [5, 5.41) is 9.01. The first kappa shape index (κ1) is 19.2. The second-order valence-corrected chi connectivity index (χ2v) is 6.63. The smallest absolute Gasteiger partial charge is 0.314 e. The minimum Gasteiger partial charge on any atom is -0.481 e. The van der Waals surface area contributed by atoms with Crippen molar-refractivity contribution in [3.8, 4) is 0 Å². The molecule has 1 fully saturated rings. The maximum atomic E-state index is 12.9. The predicted molar refractivity (Wildman–Crippen MR) is 90.9 cm³/mol. The molecule has 1 aromatic rings. The zero-order chi connectivity index (χ0) is 18.4. The highest BCUT2D eigenvalue weighted by Gasteiger charge is 2.26. The molecule has 0 saturated carbocycles. The van der Waals surface area contributed by atoms with E-state index in [1.807, 2.05) is 0 Å². The molecule has 0 aliphatic carbocycles. The number of hydrogen-bond donors (Lipinski definition) is 1. The van der Waals surface area contributed by atoms with Gasteiger partial charge in [-0.2, -0.15) is 0 Å². The molecule has 0 aromatic heterocycles. The van der Waals surface area contributed by atoms with Crippen LogP contribution in [0.25, 0.3) is 0 Å². The van der Waals surface area contributed by atoms with Gasteiger partial charge in [0.25, 0.3) is 0 Å². The van der Waals surface area contributed by atoms with Gasteiger partial charge in [-0.25, -0.2) is 4.39 Å². The number of carbonyl (C=O) groups is 3. The summed E-state index contributed by atoms with van der Waals surface area (Å²) in [7, 11) is 0. The zero-order valence-electron chi connectivity index (χ0n) is 14.4. The fourth-order valence-electron chi connectivity index (χ4n) is 3.29. The van der Waals surface area contributed by atoms with Crippen molar-refractivity contribution in [2.45, 2.75) is 32.6 Å². The summed E-state index contributed by atoms with van der Waals surface area (Å²) >= 11 is 0. The van der Waals surface area contributed by atoms with Gasteiger partial charge in [0.1, 0.15) is 17.5 Å². The van der Waals surface area contributed by atoms with Crippen LogP contribution in [-0.2, 0) is 9.59 Å². The number of halogens is 1. The SMILES string of the molecule is CC(=O)C(CCCN1CCC(C(=O)c2ccc(F)cc2)CC1)C(=O)O. The lowest BCUT2D eigenvalue weighted by molar-refractivity contribution is -0.146. The molecule has 5 nitrogen and oxygen atoms in total. The summed E-state index contributed by atoms with van der Waals surface area (Å²) in [4.78, 5) is 36.9. The van der Waals surface area contributed by atoms with E-state index in [9.17, 15) is 18.8 Å². The van der Waals surface area contributed by atoms with Crippen LogP contribution < -0.4 is 0 Å². The monoisotopic (exact) mass is 349 g/mol. The molecule has 1 aromatic carbocycles. The number of piperidine rings is 1. The number of ketones is 2. The van der Waals surface area contributed by atoms with E-state index in [-0.39, 0.29) is 23.3 Å². The maximum absolute atomic E-state index is 12.9. The van der Waals surface area contributed by atoms with Gasteiger partial charge in [0.05, 0.1) is 0 Å². The first-order chi connectivity index (χ1) is 11.9. The fraction of sp³-hybridized carbons (Fsp3) is 0.526. The van der Waals surface area contributed by atoms with E-state index in [2.05, 4.69) is 4.90 Å². The van der Waals surface area contributed by atoms with Crippen molar-refractivity contribution in [3.63, 3.8) is 0 Å². The summed E-state index contributed by atoms with van der Waals surface area (Å²) in [6.45, 7) is 3.59. The Labute approximate surface area is 146 Å². The molecule has 25 heavy (non-hydrogen) atoms. The van der Waals surface area contributed by atoms with Crippen LogP contribution in [0.5, 0.6) is 0 Å². The van der Waals surface area contributed by atoms with Crippen LogP contribution in [-0.4, -0.2) is 47.2 Å². The topological polar surface area (TPSA) is 74.7 Å². The van der Waals surface area contributed by atoms with Crippen molar-refractivity contribution in [3.05, 3.63) is 35.6 Å². The number of carboxylic acid groups (broad SMARTS) is 1. The van der Waals surface area contributed by atoms with E-state index in [1.165, 1.54) is 31.2 Å². The molecule has 2 rings (SSSR count). The van der Waals surface area contributed by atoms with E-state index in [0.717, 1.165) is 32.5 Å². The lowest BCUT2D eigenvalue weighted by Gasteiger charge is -2.31. The summed E-state index contributed by atoms with van der Waals surface area (Å²) in [5.74, 6) is -2.63. The normalized spacial score (nSPS) is 17.2. The summed E-state index contributed by atoms with van der Waals surface area (Å²) < 4.78 is 12.9. The Kier molecular flexibility index (Phi) is 6.82. The van der Waals surface area contributed by atoms with Gasteiger partial charge in [0.15, 0.2) is 5.78 Å². The predicted octanol–water partition coefficient (Wildman–Crippen LogP) is 2.79. The molecule has 1 N–H and O–H groups in total. The molecule has 0 amide bonds. The van der Waals surface area contributed by atoms with Crippen LogP contribution in [0.4, 0.5) is 4.39 Å². The van der Waals surface area contributed by atoms with Crippen LogP contribution in [0.1, 0.15) is 43.0 Å². The van der Waals surface area contributed by atoms with E-state index in [0.29, 0.717) is 18.4 Å². The summed E-state index contributed by atoms with van der Waals surface area (Å²) in [5.41, 5.74) is 0.547. The lowest BCUT2D eigenvalue weighted by atomic mass is 9.88. The zero-order valence-corrected chi connectivity index (χ0v) is 14.4. The number of Topliss-reactive ketones (excluding diaryl/α,β-unsaturated/α-hetero) is 2. The van der Waals surface area contributed by atoms with Gasteiger partial charge in [0, 0.05) is 11.5 Å². The van der Waals surface area contributed by atoms with Crippen molar-refractivity contribution in [2.24, 2.45) is 11.8 Å². The highest BCUT2D eigenvalue weighted by Crippen LogP contribution is 2.22. The van der Waals surface area contributed by atoms with Crippen LogP contribution >= 0.6 is 0 Å². The number of carbonyl (C=O) groups excluding carboxylic acids is 2. The van der Waals surface area contributed by atoms with Crippen LogP contribution in [0.15, 0.2) is 24.3 Å². The number of rotatable bonds is 8. The molecule has 0 radical (unpaired) electrons. The third kappa shape index (κ3) is 5.46. The molecule has 1 unspecified atom stereocenters. The van der Waals surface area contributed by atoms with Crippen LogP contribution in [0.3, 0.4) is 0 Å². The van der Waals surface area contributed by atoms with E-state index >= 15 is 0 Å². The van der Waals surface area contributed by atoms with Gasteiger partial charge in [-0.3, -0.25) is 14.4 Å². The van der Waals surface area contributed by atoms with E-state index in [4.69, 9.17) is 5.11 Å². The molecule has 136 valence electrons. The number of carboxylic acids is 1. The van der Waals surface area contributed by atoms with Gasteiger partial charge in [-0.1, -0.05) is 0 Å². The van der Waals surface area contributed by atoms with Crippen LogP contribution in [0, 0.1) is 17.7 Å². The molecular formula is C19H24FNO4. The molecule has 1 saturated heterocycles. The largest absolute Gasteiger partial charge is 0.481 e. The third-order valence-corrected chi connectivity index (χ3v) is 4.84. The Balaban J connectivity index is 1.76. The molecule has 1 atom stereocenters. The minimum absolute atomic E-state index is 0.0503. The highest BCUT2D eigenvalue weighted by molar-refractivity contribution is 5.98. The van der Waals surface area contributed by atoms with E-state index < -0.39 is 11.9 Å². The van der Waals surface area contributed by atoms with Gasteiger partial charge in [0.2, 0.25) is 0 Å². The Morgan fingerprint density at radius 1 is 1.20 bits per heavy atom. The Hall–Kier alpha value is -2.08. The fourth-order valence-corrected chi connectivity index (χ4v) is 3.29. The molecular weight excluding hydrogens is 325 g/mol. The molecule has 1 aliphatic heterocycles. The van der Waals surface area contributed by atoms with Gasteiger partial charge < -0.3 is 10.0 Å². The van der Waals surface area contributed by atoms with Crippen molar-refractivity contribution < 1.29 is 23.9 Å². The average molecular weight is 349 g/mol. The average Bonchev–Trinajstić information content (AvgIpc) is 2.58. The number of aliphatic carboxylic acids is 1. The molecule has 0 spiro atoms. The van der Waals surface area contributed by atoms with Gasteiger partial charge in [-0.05, 0) is 76.5 Å². The standard InChI is InChI=1S/C19H24FNO4/c1-13(22)17(19(24)25)3-2-10-21-11-8-15(9-12-21)18(23)14-4-6-16(20)7-5-14/h4-7,15,17H,2-3,8-12H2,1H3,(H,24,25). The summed E-state index contributed by atoms with van der Waals surface area (Å²) in [6, 6.07) is 5.65. The minimum atomic E-state index is -1.06. The first-order valence-corrected chi connectivity index (χ1v) is 8.64. The second-order valence-electron chi connectivity index (χ2n) is 6.63. The van der Waals surface area contributed by atoms with Crippen molar-refractivity contribution in [2.75, 3.05) is 19.6 Å². The molecule has 1 aliphatic rings. The molecule has 6 heteroatoms. The third-order valence-electron chi connectivity index (χ3n) is 4.84. The number of likely N-dealkylation sites (tertiary alicyclic amines) is 1. The van der Waals surface area contributed by atoms with E-state index in [1.54, 1.807) is 0 Å². The number of benzene rings is 1. The van der Waals surface area contributed by atoms with Crippen molar-refractivity contribution in [1.29, 1.82) is 0 Å². The van der Waals surface area contributed by atoms with Crippen molar-refractivity contribution >= 4 is 17.5 Å². The Morgan fingerprint density at radius 2 is 1.80 bits per heavy atom.